The summed E-state index contributed by atoms with van der Waals surface area (Å²) in [5.41, 5.74) is 2.30. The van der Waals surface area contributed by atoms with Gasteiger partial charge in [-0.25, -0.2) is 9.78 Å². The molecule has 4 nitrogen and oxygen atoms in total. The Balaban J connectivity index is 1.72. The van der Waals surface area contributed by atoms with Crippen molar-refractivity contribution < 1.29 is 9.53 Å². The quantitative estimate of drug-likeness (QED) is 0.436. The third-order valence-electron chi connectivity index (χ3n) is 2.97. The number of hydrogen-bond donors (Lipinski definition) is 1. The van der Waals surface area contributed by atoms with Crippen molar-refractivity contribution >= 4 is 46.3 Å². The first-order valence-corrected chi connectivity index (χ1v) is 7.15. The molecule has 0 saturated heterocycles. The maximum Gasteiger partial charge on any atom is 0.336 e. The molecule has 22 heavy (non-hydrogen) atoms. The summed E-state index contributed by atoms with van der Waals surface area (Å²) in [6.45, 7) is 0. The fraction of sp³-hybridized carbons (Fsp3) is 0. The molecule has 0 saturated carbocycles. The second kappa shape index (κ2) is 6.22. The van der Waals surface area contributed by atoms with Gasteiger partial charge in [-0.2, -0.15) is 0 Å². The summed E-state index contributed by atoms with van der Waals surface area (Å²) in [5, 5.41) is 1.01. The van der Waals surface area contributed by atoms with Crippen LogP contribution in [0, 0.1) is 0 Å². The molecular formula is C16H10Cl2N2O2. The van der Waals surface area contributed by atoms with Crippen molar-refractivity contribution in [2.45, 2.75) is 0 Å². The van der Waals surface area contributed by atoms with Crippen LogP contribution in [0.2, 0.25) is 10.0 Å². The van der Waals surface area contributed by atoms with E-state index in [1.54, 1.807) is 48.8 Å². The van der Waals surface area contributed by atoms with Crippen molar-refractivity contribution in [3.8, 4) is 5.75 Å². The number of halogens is 2. The van der Waals surface area contributed by atoms with Gasteiger partial charge in [-0.05, 0) is 35.9 Å². The molecule has 6 heteroatoms. The fourth-order valence-electron chi connectivity index (χ4n) is 1.92. The highest BCUT2D eigenvalue weighted by Crippen LogP contribution is 2.22. The molecule has 0 bridgehead atoms. The van der Waals surface area contributed by atoms with Crippen LogP contribution in [-0.4, -0.2) is 15.9 Å². The fourth-order valence-corrected chi connectivity index (χ4v) is 2.39. The lowest BCUT2D eigenvalue weighted by Gasteiger charge is -2.01. The Morgan fingerprint density at radius 1 is 1.18 bits per heavy atom. The van der Waals surface area contributed by atoms with Gasteiger partial charge in [0.25, 0.3) is 0 Å². The highest BCUT2D eigenvalue weighted by molar-refractivity contribution is 6.35. The van der Waals surface area contributed by atoms with E-state index in [1.165, 1.54) is 6.08 Å². The van der Waals surface area contributed by atoms with Gasteiger partial charge in [0.05, 0.1) is 17.4 Å². The second-order valence-electron chi connectivity index (χ2n) is 4.50. The molecule has 3 aromatic rings. The second-order valence-corrected chi connectivity index (χ2v) is 5.35. The van der Waals surface area contributed by atoms with Crippen LogP contribution in [0.3, 0.4) is 0 Å². The van der Waals surface area contributed by atoms with Crippen LogP contribution in [0.5, 0.6) is 5.75 Å². The summed E-state index contributed by atoms with van der Waals surface area (Å²) < 4.78 is 5.23. The number of H-pyrrole nitrogens is 1. The van der Waals surface area contributed by atoms with Crippen LogP contribution in [0.4, 0.5) is 0 Å². The molecule has 1 N–H and O–H groups in total. The highest BCUT2D eigenvalue weighted by atomic mass is 35.5. The zero-order chi connectivity index (χ0) is 15.5. The summed E-state index contributed by atoms with van der Waals surface area (Å²) in [4.78, 5) is 18.9. The lowest BCUT2D eigenvalue weighted by atomic mass is 10.2. The van der Waals surface area contributed by atoms with Gasteiger partial charge in [-0.15, -0.1) is 0 Å². The molecule has 110 valence electrons. The Hall–Kier alpha value is -2.30. The molecule has 2 aromatic carbocycles. The van der Waals surface area contributed by atoms with E-state index in [4.69, 9.17) is 27.9 Å². The van der Waals surface area contributed by atoms with E-state index < -0.39 is 5.97 Å². The molecule has 0 spiro atoms. The predicted molar refractivity (Wildman–Crippen MR) is 87.2 cm³/mol. The first-order valence-electron chi connectivity index (χ1n) is 6.40. The minimum absolute atomic E-state index is 0.439. The van der Waals surface area contributed by atoms with Crippen LogP contribution >= 0.6 is 23.2 Å². The van der Waals surface area contributed by atoms with Gasteiger partial charge < -0.3 is 9.72 Å². The molecule has 0 unspecified atom stereocenters. The predicted octanol–water partition coefficient (Wildman–Crippen LogP) is 4.49. The van der Waals surface area contributed by atoms with Gasteiger partial charge >= 0.3 is 5.97 Å². The third kappa shape index (κ3) is 3.30. The highest BCUT2D eigenvalue weighted by Gasteiger charge is 2.04. The van der Waals surface area contributed by atoms with Crippen molar-refractivity contribution in [2.75, 3.05) is 0 Å². The molecule has 0 fully saturated rings. The number of rotatable bonds is 3. The minimum Gasteiger partial charge on any atom is -0.423 e. The van der Waals surface area contributed by atoms with Crippen LogP contribution < -0.4 is 4.74 Å². The number of aromatic nitrogens is 2. The van der Waals surface area contributed by atoms with E-state index in [0.717, 1.165) is 11.0 Å². The van der Waals surface area contributed by atoms with E-state index in [-0.39, 0.29) is 0 Å². The molecule has 0 atom stereocenters. The van der Waals surface area contributed by atoms with Crippen LogP contribution in [0.1, 0.15) is 5.56 Å². The van der Waals surface area contributed by atoms with Gasteiger partial charge in [0.15, 0.2) is 0 Å². The monoisotopic (exact) mass is 332 g/mol. The standard InChI is InChI=1S/C16H10Cl2N2O2/c17-11-3-1-10(13(18)7-11)2-6-16(21)22-12-4-5-14-15(8-12)20-9-19-14/h1-9H,(H,19,20)/b6-2+. The van der Waals surface area contributed by atoms with Gasteiger partial charge in [-0.3, -0.25) is 0 Å². The molecule has 0 amide bonds. The van der Waals surface area contributed by atoms with Crippen LogP contribution in [0.15, 0.2) is 48.8 Å². The molecule has 0 radical (unpaired) electrons. The minimum atomic E-state index is -0.495. The van der Waals surface area contributed by atoms with Crippen LogP contribution in [-0.2, 0) is 4.79 Å². The zero-order valence-electron chi connectivity index (χ0n) is 11.2. The summed E-state index contributed by atoms with van der Waals surface area (Å²) in [7, 11) is 0. The average molecular weight is 333 g/mol. The van der Waals surface area contributed by atoms with Gasteiger partial charge in [0.1, 0.15) is 5.75 Å². The van der Waals surface area contributed by atoms with Crippen molar-refractivity contribution in [3.63, 3.8) is 0 Å². The topological polar surface area (TPSA) is 55.0 Å². The van der Waals surface area contributed by atoms with Crippen molar-refractivity contribution in [3.05, 3.63) is 64.4 Å². The molecule has 3 rings (SSSR count). The normalized spacial score (nSPS) is 11.2. The number of nitrogens with one attached hydrogen (secondary N) is 1. The Labute approximate surface area is 136 Å². The average Bonchev–Trinajstić information content (AvgIpc) is 2.94. The molecule has 0 aliphatic rings. The number of hydrogen-bond acceptors (Lipinski definition) is 3. The Kier molecular flexibility index (Phi) is 4.13. The Bertz CT molecular complexity index is 871. The van der Waals surface area contributed by atoms with E-state index in [1.807, 2.05) is 0 Å². The number of ether oxygens (including phenoxy) is 1. The van der Waals surface area contributed by atoms with Gasteiger partial charge in [0.2, 0.25) is 0 Å². The smallest absolute Gasteiger partial charge is 0.336 e. The molecule has 1 heterocycles. The molecule has 0 aliphatic carbocycles. The van der Waals surface area contributed by atoms with Gasteiger partial charge in [0, 0.05) is 22.2 Å². The zero-order valence-corrected chi connectivity index (χ0v) is 12.7. The summed E-state index contributed by atoms with van der Waals surface area (Å²) in [5.74, 6) is -0.0570. The number of esters is 1. The number of carbonyl (C=O) groups is 1. The number of imidazole rings is 1. The number of nitrogens with zero attached hydrogens (tertiary/aromatic N) is 1. The number of fused-ring (bicyclic) bond motifs is 1. The largest absolute Gasteiger partial charge is 0.423 e. The van der Waals surface area contributed by atoms with E-state index in [0.29, 0.717) is 21.4 Å². The summed E-state index contributed by atoms with van der Waals surface area (Å²) in [6, 6.07) is 10.2. The summed E-state index contributed by atoms with van der Waals surface area (Å²) in [6.07, 6.45) is 4.47. The molecule has 1 aromatic heterocycles. The lowest BCUT2D eigenvalue weighted by Crippen LogP contribution is -2.03. The van der Waals surface area contributed by atoms with Gasteiger partial charge in [-0.1, -0.05) is 29.3 Å². The molecular weight excluding hydrogens is 323 g/mol. The van der Waals surface area contributed by atoms with E-state index in [9.17, 15) is 4.79 Å². The lowest BCUT2D eigenvalue weighted by molar-refractivity contribution is -0.128. The number of carbonyl (C=O) groups excluding carboxylic acids is 1. The summed E-state index contributed by atoms with van der Waals surface area (Å²) >= 11 is 11.8. The first-order chi connectivity index (χ1) is 10.6. The van der Waals surface area contributed by atoms with Crippen LogP contribution in [0.25, 0.3) is 17.1 Å². The number of aromatic amines is 1. The Morgan fingerprint density at radius 2 is 2.05 bits per heavy atom. The number of benzene rings is 2. The first kappa shape index (κ1) is 14.6. The van der Waals surface area contributed by atoms with Crippen molar-refractivity contribution in [1.82, 2.24) is 9.97 Å². The van der Waals surface area contributed by atoms with Crippen molar-refractivity contribution in [2.24, 2.45) is 0 Å². The maximum atomic E-state index is 11.8. The SMILES string of the molecule is O=C(/C=C/c1ccc(Cl)cc1Cl)Oc1ccc2nc[nH]c2c1. The third-order valence-corrected chi connectivity index (χ3v) is 3.53. The Morgan fingerprint density at radius 3 is 2.86 bits per heavy atom. The van der Waals surface area contributed by atoms with Crippen molar-refractivity contribution in [1.29, 1.82) is 0 Å². The van der Waals surface area contributed by atoms with E-state index >= 15 is 0 Å². The maximum absolute atomic E-state index is 11.8. The molecule has 0 aliphatic heterocycles. The van der Waals surface area contributed by atoms with E-state index in [2.05, 4.69) is 9.97 Å².